The Morgan fingerprint density at radius 3 is 2.56 bits per heavy atom. The molecule has 1 aromatic rings. The fourth-order valence-electron chi connectivity index (χ4n) is 0.895. The fourth-order valence-corrected chi connectivity index (χ4v) is 1.61. The highest BCUT2D eigenvalue weighted by atomic mass is 79.9. The zero-order chi connectivity index (χ0) is 12.0. The van der Waals surface area contributed by atoms with Crippen LogP contribution in [0.5, 0.6) is 0 Å². The maximum absolute atomic E-state index is 11.2. The number of rotatable bonds is 3. The van der Waals surface area contributed by atoms with Gasteiger partial charge in [0.25, 0.3) is 0 Å². The Labute approximate surface area is 107 Å². The van der Waals surface area contributed by atoms with Crippen LogP contribution in [-0.2, 0) is 15.3 Å². The molecule has 1 rings (SSSR count). The van der Waals surface area contributed by atoms with Crippen LogP contribution in [0, 0.1) is 11.8 Å². The van der Waals surface area contributed by atoms with Gasteiger partial charge in [0.05, 0.1) is 5.25 Å². The highest BCUT2D eigenvalue weighted by Gasteiger charge is 2.03. The van der Waals surface area contributed by atoms with Crippen molar-refractivity contribution in [2.75, 3.05) is 6.61 Å². The third-order valence-corrected chi connectivity index (χ3v) is 3.36. The first-order valence-corrected chi connectivity index (χ1v) is 6.81. The molecule has 0 spiro atoms. The summed E-state index contributed by atoms with van der Waals surface area (Å²) in [4.78, 5) is 0. The van der Waals surface area contributed by atoms with E-state index in [1.807, 2.05) is 38.1 Å². The van der Waals surface area contributed by atoms with Crippen molar-refractivity contribution in [2.24, 2.45) is 0 Å². The van der Waals surface area contributed by atoms with Crippen molar-refractivity contribution >= 4 is 27.0 Å². The smallest absolute Gasteiger partial charge is 0.159 e. The fraction of sp³-hybridized carbons (Fsp3) is 0.333. The van der Waals surface area contributed by atoms with E-state index < -0.39 is 11.1 Å². The third-order valence-electron chi connectivity index (χ3n) is 1.71. The number of benzene rings is 1. The minimum Gasteiger partial charge on any atom is -0.277 e. The van der Waals surface area contributed by atoms with Crippen molar-refractivity contribution in [3.63, 3.8) is 0 Å². The van der Waals surface area contributed by atoms with E-state index in [0.717, 1.165) is 10.0 Å². The summed E-state index contributed by atoms with van der Waals surface area (Å²) in [7, 11) is 0. The monoisotopic (exact) mass is 300 g/mol. The van der Waals surface area contributed by atoms with Gasteiger partial charge in [-0.05, 0) is 38.1 Å². The van der Waals surface area contributed by atoms with Gasteiger partial charge in [0, 0.05) is 10.0 Å². The molecule has 0 amide bonds. The van der Waals surface area contributed by atoms with Crippen LogP contribution in [0.3, 0.4) is 0 Å². The van der Waals surface area contributed by atoms with Gasteiger partial charge in [-0.3, -0.25) is 4.18 Å². The Morgan fingerprint density at radius 1 is 1.38 bits per heavy atom. The zero-order valence-corrected chi connectivity index (χ0v) is 11.6. The van der Waals surface area contributed by atoms with Crippen molar-refractivity contribution in [2.45, 2.75) is 19.1 Å². The first-order valence-electron chi connectivity index (χ1n) is 4.88. The van der Waals surface area contributed by atoms with Gasteiger partial charge in [-0.25, -0.2) is 4.21 Å². The first kappa shape index (κ1) is 13.4. The second-order valence-corrected chi connectivity index (χ2v) is 6.00. The van der Waals surface area contributed by atoms with Crippen LogP contribution in [0.4, 0.5) is 0 Å². The van der Waals surface area contributed by atoms with Gasteiger partial charge in [-0.1, -0.05) is 27.8 Å². The average Bonchev–Trinajstić information content (AvgIpc) is 2.26. The molecule has 0 aliphatic rings. The van der Waals surface area contributed by atoms with E-state index in [4.69, 9.17) is 4.18 Å². The molecular weight excluding hydrogens is 288 g/mol. The summed E-state index contributed by atoms with van der Waals surface area (Å²) in [6.07, 6.45) is 0. The summed E-state index contributed by atoms with van der Waals surface area (Å²) in [5.74, 6) is 5.76. The molecule has 0 aliphatic heterocycles. The largest absolute Gasteiger partial charge is 0.277 e. The summed E-state index contributed by atoms with van der Waals surface area (Å²) in [5.41, 5.74) is 0.919. The Bertz CT molecular complexity index is 415. The van der Waals surface area contributed by atoms with Crippen LogP contribution in [0.1, 0.15) is 19.4 Å². The minimum atomic E-state index is -1.24. The van der Waals surface area contributed by atoms with Gasteiger partial charge >= 0.3 is 0 Å². The van der Waals surface area contributed by atoms with Crippen molar-refractivity contribution < 1.29 is 8.39 Å². The molecule has 0 bridgehead atoms. The molecular formula is C12H13BrO2S. The zero-order valence-electron chi connectivity index (χ0n) is 9.20. The minimum absolute atomic E-state index is 0.00878. The SMILES string of the molecule is CC(C)[S@@](=O)OCC#Cc1ccc(Br)cc1. The van der Waals surface area contributed by atoms with Crippen LogP contribution in [0.15, 0.2) is 28.7 Å². The molecule has 0 saturated carbocycles. The first-order chi connectivity index (χ1) is 7.59. The van der Waals surface area contributed by atoms with Crippen molar-refractivity contribution in [1.82, 2.24) is 0 Å². The van der Waals surface area contributed by atoms with Crippen LogP contribution < -0.4 is 0 Å². The van der Waals surface area contributed by atoms with E-state index in [2.05, 4.69) is 27.8 Å². The molecule has 0 heterocycles. The molecule has 2 nitrogen and oxygen atoms in total. The molecule has 86 valence electrons. The van der Waals surface area contributed by atoms with Gasteiger partial charge in [-0.15, -0.1) is 0 Å². The Morgan fingerprint density at radius 2 is 2.00 bits per heavy atom. The highest BCUT2D eigenvalue weighted by molar-refractivity contribution is 9.10. The van der Waals surface area contributed by atoms with Crippen LogP contribution >= 0.6 is 15.9 Å². The van der Waals surface area contributed by atoms with Crippen molar-refractivity contribution in [3.8, 4) is 11.8 Å². The molecule has 0 fully saturated rings. The quantitative estimate of drug-likeness (QED) is 0.803. The lowest BCUT2D eigenvalue weighted by Crippen LogP contribution is -2.09. The van der Waals surface area contributed by atoms with E-state index in [1.165, 1.54) is 0 Å². The van der Waals surface area contributed by atoms with Gasteiger partial charge < -0.3 is 0 Å². The molecule has 0 radical (unpaired) electrons. The molecule has 1 aromatic carbocycles. The summed E-state index contributed by atoms with van der Waals surface area (Å²) < 4.78 is 17.3. The summed E-state index contributed by atoms with van der Waals surface area (Å²) in [6.45, 7) is 3.89. The normalized spacial score (nSPS) is 12.0. The lowest BCUT2D eigenvalue weighted by Gasteiger charge is -2.01. The number of hydrogen-bond donors (Lipinski definition) is 0. The Balaban J connectivity index is 2.44. The number of halogens is 1. The molecule has 0 saturated heterocycles. The van der Waals surface area contributed by atoms with Crippen molar-refractivity contribution in [1.29, 1.82) is 0 Å². The summed E-state index contributed by atoms with van der Waals surface area (Å²) >= 11 is 2.11. The predicted octanol–water partition coefficient (Wildman–Crippen LogP) is 2.89. The number of hydrogen-bond acceptors (Lipinski definition) is 2. The van der Waals surface area contributed by atoms with Crippen LogP contribution in [0.2, 0.25) is 0 Å². The van der Waals surface area contributed by atoms with Gasteiger partial charge in [0.15, 0.2) is 11.1 Å². The summed E-state index contributed by atoms with van der Waals surface area (Å²) in [6, 6.07) is 7.68. The topological polar surface area (TPSA) is 26.3 Å². The van der Waals surface area contributed by atoms with E-state index in [-0.39, 0.29) is 11.9 Å². The van der Waals surface area contributed by atoms with E-state index >= 15 is 0 Å². The molecule has 0 unspecified atom stereocenters. The highest BCUT2D eigenvalue weighted by Crippen LogP contribution is 2.09. The summed E-state index contributed by atoms with van der Waals surface area (Å²) in [5, 5.41) is 0.00878. The molecule has 4 heteroatoms. The molecule has 0 aromatic heterocycles. The van der Waals surface area contributed by atoms with E-state index in [1.54, 1.807) is 0 Å². The van der Waals surface area contributed by atoms with Gasteiger partial charge in [0.1, 0.15) is 6.61 Å². The van der Waals surface area contributed by atoms with Crippen molar-refractivity contribution in [3.05, 3.63) is 34.3 Å². The third kappa shape index (κ3) is 4.93. The maximum atomic E-state index is 11.2. The Hall–Kier alpha value is -0.630. The van der Waals surface area contributed by atoms with Gasteiger partial charge in [0.2, 0.25) is 0 Å². The lowest BCUT2D eigenvalue weighted by atomic mass is 10.2. The molecule has 1 atom stereocenters. The maximum Gasteiger partial charge on any atom is 0.159 e. The van der Waals surface area contributed by atoms with E-state index in [0.29, 0.717) is 0 Å². The average molecular weight is 301 g/mol. The standard InChI is InChI=1S/C12H13BrO2S/c1-10(2)16(14)15-9-3-4-11-5-7-12(13)8-6-11/h5-8,10H,9H2,1-2H3/t16-/m0/s1. The second-order valence-electron chi connectivity index (χ2n) is 3.38. The van der Waals surface area contributed by atoms with Crippen LogP contribution in [-0.4, -0.2) is 16.1 Å². The van der Waals surface area contributed by atoms with Gasteiger partial charge in [-0.2, -0.15) is 0 Å². The molecule has 16 heavy (non-hydrogen) atoms. The molecule has 0 aliphatic carbocycles. The predicted molar refractivity (Wildman–Crippen MR) is 70.3 cm³/mol. The molecule has 0 N–H and O–H groups in total. The van der Waals surface area contributed by atoms with E-state index in [9.17, 15) is 4.21 Å². The second kappa shape index (κ2) is 6.85. The Kier molecular flexibility index (Phi) is 5.75. The van der Waals surface area contributed by atoms with Crippen LogP contribution in [0.25, 0.3) is 0 Å². The lowest BCUT2D eigenvalue weighted by molar-refractivity contribution is 0.398.